The molecular weight excluding hydrogens is 342 g/mol. The summed E-state index contributed by atoms with van der Waals surface area (Å²) in [7, 11) is 0. The number of amides is 3. The van der Waals surface area contributed by atoms with Gasteiger partial charge < -0.3 is 32.1 Å². The molecule has 0 saturated carbocycles. The van der Waals surface area contributed by atoms with Gasteiger partial charge in [0.05, 0.1) is 12.6 Å². The summed E-state index contributed by atoms with van der Waals surface area (Å²) in [6.45, 7) is 1.96. The van der Waals surface area contributed by atoms with Gasteiger partial charge in [-0.25, -0.2) is 0 Å². The van der Waals surface area contributed by atoms with Gasteiger partial charge in [0.15, 0.2) is 0 Å². The van der Waals surface area contributed by atoms with E-state index >= 15 is 0 Å². The minimum Gasteiger partial charge on any atom is -0.480 e. The summed E-state index contributed by atoms with van der Waals surface area (Å²) < 4.78 is 0. The van der Waals surface area contributed by atoms with E-state index in [0.29, 0.717) is 32.4 Å². The summed E-state index contributed by atoms with van der Waals surface area (Å²) in [5.41, 5.74) is 11.3. The number of carbonyl (C=O) groups is 4. The van der Waals surface area contributed by atoms with E-state index in [2.05, 4.69) is 10.6 Å². The van der Waals surface area contributed by atoms with E-state index in [-0.39, 0.29) is 12.5 Å². The fraction of sp³-hybridized carbons (Fsp3) is 0.750. The first kappa shape index (κ1) is 21.8. The van der Waals surface area contributed by atoms with Crippen LogP contribution in [0.3, 0.4) is 0 Å². The Morgan fingerprint density at radius 1 is 1.27 bits per heavy atom. The van der Waals surface area contributed by atoms with E-state index in [1.54, 1.807) is 0 Å². The zero-order valence-electron chi connectivity index (χ0n) is 15.1. The van der Waals surface area contributed by atoms with Crippen LogP contribution in [0, 0.1) is 0 Å². The molecule has 0 spiro atoms. The van der Waals surface area contributed by atoms with Gasteiger partial charge in [0.2, 0.25) is 17.7 Å². The van der Waals surface area contributed by atoms with Gasteiger partial charge in [-0.1, -0.05) is 6.42 Å². The number of carboxylic acids is 1. The topological polar surface area (TPSA) is 168 Å². The molecule has 3 amide bonds. The van der Waals surface area contributed by atoms with Gasteiger partial charge in [-0.05, 0) is 39.2 Å². The number of aliphatic carboxylic acids is 1. The Balaban J connectivity index is 2.50. The number of nitrogens with zero attached hydrogens (tertiary/aromatic N) is 1. The molecular formula is C16H29N5O5. The molecule has 1 saturated heterocycles. The van der Waals surface area contributed by atoms with Crippen LogP contribution in [-0.4, -0.2) is 71.5 Å². The van der Waals surface area contributed by atoms with Gasteiger partial charge in [0, 0.05) is 6.54 Å². The molecule has 3 atom stereocenters. The monoisotopic (exact) mass is 371 g/mol. The van der Waals surface area contributed by atoms with Crippen molar-refractivity contribution < 1.29 is 24.3 Å². The molecule has 0 aliphatic carbocycles. The Bertz CT molecular complexity index is 527. The number of carboxylic acid groups (broad SMARTS) is 1. The maximum Gasteiger partial charge on any atom is 0.325 e. The number of nitrogens with two attached hydrogens (primary N) is 2. The highest BCUT2D eigenvalue weighted by atomic mass is 16.4. The van der Waals surface area contributed by atoms with Crippen LogP contribution in [0.15, 0.2) is 0 Å². The Hall–Kier alpha value is -2.20. The Labute approximate surface area is 152 Å². The molecule has 7 N–H and O–H groups in total. The number of nitrogens with one attached hydrogen (secondary N) is 2. The van der Waals surface area contributed by atoms with Crippen molar-refractivity contribution in [1.29, 1.82) is 0 Å². The molecule has 0 aromatic rings. The molecule has 1 aliphatic heterocycles. The van der Waals surface area contributed by atoms with Crippen LogP contribution in [-0.2, 0) is 19.2 Å². The van der Waals surface area contributed by atoms with Gasteiger partial charge in [-0.3, -0.25) is 19.2 Å². The maximum absolute atomic E-state index is 12.5. The van der Waals surface area contributed by atoms with Crippen molar-refractivity contribution in [2.45, 2.75) is 57.2 Å². The molecule has 26 heavy (non-hydrogen) atoms. The summed E-state index contributed by atoms with van der Waals surface area (Å²) in [5.74, 6) is -2.49. The van der Waals surface area contributed by atoms with Crippen molar-refractivity contribution in [2.75, 3.05) is 19.6 Å². The summed E-state index contributed by atoms with van der Waals surface area (Å²) in [6.07, 6.45) is 3.23. The summed E-state index contributed by atoms with van der Waals surface area (Å²) in [6, 6.07) is -2.38. The van der Waals surface area contributed by atoms with Crippen LogP contribution in [0.5, 0.6) is 0 Å². The second kappa shape index (κ2) is 10.7. The first-order valence-electron chi connectivity index (χ1n) is 8.84. The predicted molar refractivity (Wildman–Crippen MR) is 93.9 cm³/mol. The average molecular weight is 371 g/mol. The van der Waals surface area contributed by atoms with E-state index in [0.717, 1.165) is 12.8 Å². The first-order valence-corrected chi connectivity index (χ1v) is 8.84. The average Bonchev–Trinajstić information content (AvgIpc) is 3.08. The predicted octanol–water partition coefficient (Wildman–Crippen LogP) is -1.86. The Kier molecular flexibility index (Phi) is 9.00. The van der Waals surface area contributed by atoms with Crippen LogP contribution >= 0.6 is 0 Å². The van der Waals surface area contributed by atoms with E-state index in [9.17, 15) is 19.2 Å². The van der Waals surface area contributed by atoms with Crippen molar-refractivity contribution in [3.8, 4) is 0 Å². The van der Waals surface area contributed by atoms with Crippen molar-refractivity contribution in [2.24, 2.45) is 11.5 Å². The standard InChI is InChI=1S/C16H29N5O5/c1-10(16(25)26)20-13(22)9-19-14(23)12-6-4-8-21(12)15(24)11(18)5-2-3-7-17/h10-12H,2-9,17-18H2,1H3,(H,19,23)(H,20,22)(H,25,26). The highest BCUT2D eigenvalue weighted by molar-refractivity contribution is 5.92. The minimum absolute atomic E-state index is 0.274. The lowest BCUT2D eigenvalue weighted by atomic mass is 10.1. The number of hydrogen-bond acceptors (Lipinski definition) is 6. The van der Waals surface area contributed by atoms with Crippen LogP contribution in [0.1, 0.15) is 39.0 Å². The van der Waals surface area contributed by atoms with Crippen LogP contribution < -0.4 is 22.1 Å². The third-order valence-corrected chi connectivity index (χ3v) is 4.30. The summed E-state index contributed by atoms with van der Waals surface area (Å²) in [5, 5.41) is 13.4. The molecule has 0 radical (unpaired) electrons. The number of hydrogen-bond donors (Lipinski definition) is 5. The van der Waals surface area contributed by atoms with Gasteiger partial charge in [0.25, 0.3) is 0 Å². The fourth-order valence-corrected chi connectivity index (χ4v) is 2.79. The van der Waals surface area contributed by atoms with Crippen molar-refractivity contribution in [3.63, 3.8) is 0 Å². The normalized spacial score (nSPS) is 18.9. The number of unbranched alkanes of at least 4 members (excludes halogenated alkanes) is 1. The quantitative estimate of drug-likeness (QED) is 0.280. The van der Waals surface area contributed by atoms with E-state index in [1.165, 1.54) is 11.8 Å². The van der Waals surface area contributed by atoms with Crippen molar-refractivity contribution >= 4 is 23.7 Å². The van der Waals surface area contributed by atoms with Gasteiger partial charge in [-0.15, -0.1) is 0 Å². The third kappa shape index (κ3) is 6.60. The SMILES string of the molecule is CC(NC(=O)CNC(=O)C1CCCN1C(=O)C(N)CCCCN)C(=O)O. The molecule has 0 bridgehead atoms. The van der Waals surface area contributed by atoms with Crippen molar-refractivity contribution in [3.05, 3.63) is 0 Å². The molecule has 0 aromatic heterocycles. The molecule has 0 aromatic carbocycles. The van der Waals surface area contributed by atoms with Crippen LogP contribution in [0.2, 0.25) is 0 Å². The minimum atomic E-state index is -1.17. The highest BCUT2D eigenvalue weighted by Gasteiger charge is 2.36. The zero-order valence-corrected chi connectivity index (χ0v) is 15.1. The molecule has 10 nitrogen and oxygen atoms in total. The fourth-order valence-electron chi connectivity index (χ4n) is 2.79. The van der Waals surface area contributed by atoms with E-state index in [1.807, 2.05) is 0 Å². The molecule has 1 aliphatic rings. The van der Waals surface area contributed by atoms with Crippen LogP contribution in [0.4, 0.5) is 0 Å². The number of likely N-dealkylation sites (tertiary alicyclic amines) is 1. The molecule has 3 unspecified atom stereocenters. The zero-order chi connectivity index (χ0) is 19.7. The molecule has 1 fully saturated rings. The van der Waals surface area contributed by atoms with Gasteiger partial charge in [0.1, 0.15) is 12.1 Å². The third-order valence-electron chi connectivity index (χ3n) is 4.30. The largest absolute Gasteiger partial charge is 0.480 e. The van der Waals surface area contributed by atoms with Gasteiger partial charge in [-0.2, -0.15) is 0 Å². The lowest BCUT2D eigenvalue weighted by Crippen LogP contribution is -2.52. The lowest BCUT2D eigenvalue weighted by Gasteiger charge is -2.26. The van der Waals surface area contributed by atoms with Gasteiger partial charge >= 0.3 is 5.97 Å². The molecule has 1 rings (SSSR count). The van der Waals surface area contributed by atoms with Crippen molar-refractivity contribution in [1.82, 2.24) is 15.5 Å². The van der Waals surface area contributed by atoms with E-state index < -0.39 is 35.9 Å². The second-order valence-corrected chi connectivity index (χ2v) is 6.43. The summed E-state index contributed by atoms with van der Waals surface area (Å²) in [4.78, 5) is 48.6. The molecule has 148 valence electrons. The molecule has 10 heteroatoms. The molecule has 1 heterocycles. The smallest absolute Gasteiger partial charge is 0.325 e. The lowest BCUT2D eigenvalue weighted by molar-refractivity contribution is -0.141. The van der Waals surface area contributed by atoms with Crippen LogP contribution in [0.25, 0.3) is 0 Å². The number of carbonyl (C=O) groups excluding carboxylic acids is 3. The first-order chi connectivity index (χ1) is 12.3. The second-order valence-electron chi connectivity index (χ2n) is 6.43. The Morgan fingerprint density at radius 3 is 2.58 bits per heavy atom. The summed E-state index contributed by atoms with van der Waals surface area (Å²) >= 11 is 0. The Morgan fingerprint density at radius 2 is 1.96 bits per heavy atom. The van der Waals surface area contributed by atoms with E-state index in [4.69, 9.17) is 16.6 Å². The maximum atomic E-state index is 12.5. The highest BCUT2D eigenvalue weighted by Crippen LogP contribution is 2.19. The number of rotatable bonds is 10.